The van der Waals surface area contributed by atoms with Gasteiger partial charge in [0.15, 0.2) is 0 Å². The number of nitrogens with one attached hydrogen (secondary N) is 1. The minimum atomic E-state index is 0.576. The van der Waals surface area contributed by atoms with Crippen LogP contribution in [0.2, 0.25) is 0 Å². The van der Waals surface area contributed by atoms with Crippen LogP contribution in [0.3, 0.4) is 0 Å². The topological polar surface area (TPSA) is 24.9 Å². The molecule has 106 valence electrons. The molecule has 1 fully saturated rings. The molecule has 2 unspecified atom stereocenters. The Morgan fingerprint density at radius 1 is 1.30 bits per heavy atom. The second-order valence-corrected chi connectivity index (χ2v) is 7.04. The molecule has 0 bridgehead atoms. The molecule has 1 aromatic heterocycles. The molecule has 20 heavy (non-hydrogen) atoms. The number of hydrogen-bond acceptors (Lipinski definition) is 3. The Kier molecular flexibility index (Phi) is 4.16. The Bertz CT molecular complexity index is 597. The molecule has 0 amide bonds. The molecule has 2 nitrogen and oxygen atoms in total. The first-order chi connectivity index (χ1) is 9.78. The number of rotatable bonds is 4. The Labute approximate surface area is 125 Å². The van der Waals surface area contributed by atoms with Crippen molar-refractivity contribution in [2.24, 2.45) is 0 Å². The Balaban J connectivity index is 1.84. The smallest absolute Gasteiger partial charge is 0.129 e. The molecule has 0 aliphatic heterocycles. The van der Waals surface area contributed by atoms with E-state index in [-0.39, 0.29) is 0 Å². The summed E-state index contributed by atoms with van der Waals surface area (Å²) in [7, 11) is 0. The van der Waals surface area contributed by atoms with E-state index in [4.69, 9.17) is 4.98 Å². The highest BCUT2D eigenvalue weighted by molar-refractivity contribution is 7.99. The van der Waals surface area contributed by atoms with Crippen molar-refractivity contribution >= 4 is 28.5 Å². The van der Waals surface area contributed by atoms with Crippen LogP contribution < -0.4 is 5.32 Å². The summed E-state index contributed by atoms with van der Waals surface area (Å²) in [5.41, 5.74) is 2.33. The van der Waals surface area contributed by atoms with Gasteiger partial charge in [-0.25, -0.2) is 4.98 Å². The summed E-state index contributed by atoms with van der Waals surface area (Å²) in [6.07, 6.45) is 3.94. The van der Waals surface area contributed by atoms with E-state index >= 15 is 0 Å². The average Bonchev–Trinajstić information content (AvgIpc) is 2.87. The number of hydrogen-bond donors (Lipinski definition) is 1. The standard InChI is InChI=1S/C17H22N2S/c1-3-20-16-10-6-9-15(16)19-17-12(2)11-13-7-4-5-8-14(13)18-17/h4-5,7-8,11,15-16H,3,6,9-10H2,1-2H3,(H,18,19). The number of aromatic nitrogens is 1. The molecule has 1 aromatic carbocycles. The third kappa shape index (κ3) is 2.78. The van der Waals surface area contributed by atoms with Crippen molar-refractivity contribution in [1.29, 1.82) is 0 Å². The van der Waals surface area contributed by atoms with Crippen molar-refractivity contribution in [1.82, 2.24) is 4.98 Å². The largest absolute Gasteiger partial charge is 0.366 e. The summed E-state index contributed by atoms with van der Waals surface area (Å²) >= 11 is 2.09. The summed E-state index contributed by atoms with van der Waals surface area (Å²) in [6.45, 7) is 4.40. The molecular formula is C17H22N2S. The number of aryl methyl sites for hydroxylation is 1. The molecular weight excluding hydrogens is 264 g/mol. The van der Waals surface area contributed by atoms with Gasteiger partial charge in [0, 0.05) is 16.7 Å². The number of para-hydroxylation sites is 1. The summed E-state index contributed by atoms with van der Waals surface area (Å²) in [4.78, 5) is 4.81. The third-order valence-corrected chi connectivity index (χ3v) is 5.40. The number of benzene rings is 1. The van der Waals surface area contributed by atoms with Crippen LogP contribution in [0.4, 0.5) is 5.82 Å². The quantitative estimate of drug-likeness (QED) is 0.887. The number of anilines is 1. The van der Waals surface area contributed by atoms with Crippen LogP contribution >= 0.6 is 11.8 Å². The molecule has 1 saturated carbocycles. The van der Waals surface area contributed by atoms with Gasteiger partial charge in [-0.3, -0.25) is 0 Å². The fourth-order valence-electron chi connectivity index (χ4n) is 3.05. The van der Waals surface area contributed by atoms with Gasteiger partial charge in [-0.15, -0.1) is 0 Å². The van der Waals surface area contributed by atoms with Gasteiger partial charge >= 0.3 is 0 Å². The van der Waals surface area contributed by atoms with Gasteiger partial charge in [-0.1, -0.05) is 31.5 Å². The van der Waals surface area contributed by atoms with E-state index in [9.17, 15) is 0 Å². The minimum Gasteiger partial charge on any atom is -0.366 e. The van der Waals surface area contributed by atoms with Gasteiger partial charge in [0.1, 0.15) is 5.82 Å². The minimum absolute atomic E-state index is 0.576. The Hall–Kier alpha value is -1.22. The second kappa shape index (κ2) is 6.04. The first kappa shape index (κ1) is 13.7. The monoisotopic (exact) mass is 286 g/mol. The second-order valence-electron chi connectivity index (χ2n) is 5.52. The van der Waals surface area contributed by atoms with Crippen LogP contribution in [-0.4, -0.2) is 22.0 Å². The van der Waals surface area contributed by atoms with Crippen LogP contribution in [0.1, 0.15) is 31.7 Å². The molecule has 2 atom stereocenters. The molecule has 0 saturated heterocycles. The zero-order chi connectivity index (χ0) is 13.9. The fraction of sp³-hybridized carbons (Fsp3) is 0.471. The predicted octanol–water partition coefficient (Wildman–Crippen LogP) is 4.63. The SMILES string of the molecule is CCSC1CCCC1Nc1nc2ccccc2cc1C. The van der Waals surface area contributed by atoms with E-state index in [0.29, 0.717) is 6.04 Å². The molecule has 1 N–H and O–H groups in total. The maximum absolute atomic E-state index is 4.81. The summed E-state index contributed by atoms with van der Waals surface area (Å²) in [5.74, 6) is 2.27. The van der Waals surface area contributed by atoms with Crippen LogP contribution in [0.25, 0.3) is 10.9 Å². The highest BCUT2D eigenvalue weighted by Crippen LogP contribution is 2.32. The van der Waals surface area contributed by atoms with Crippen LogP contribution in [0, 0.1) is 6.92 Å². The molecule has 3 rings (SSSR count). The van der Waals surface area contributed by atoms with Gasteiger partial charge in [-0.2, -0.15) is 11.8 Å². The maximum atomic E-state index is 4.81. The Morgan fingerprint density at radius 3 is 3.00 bits per heavy atom. The van der Waals surface area contributed by atoms with E-state index in [2.05, 4.69) is 61.3 Å². The first-order valence-corrected chi connectivity index (χ1v) is 8.57. The highest BCUT2D eigenvalue weighted by atomic mass is 32.2. The summed E-state index contributed by atoms with van der Waals surface area (Å²) in [6, 6.07) is 11.2. The molecule has 1 aliphatic carbocycles. The van der Waals surface area contributed by atoms with Crippen molar-refractivity contribution in [3.63, 3.8) is 0 Å². The highest BCUT2D eigenvalue weighted by Gasteiger charge is 2.27. The van der Waals surface area contributed by atoms with Gasteiger partial charge in [0.2, 0.25) is 0 Å². The van der Waals surface area contributed by atoms with Crippen molar-refractivity contribution in [3.05, 3.63) is 35.9 Å². The number of pyridine rings is 1. The van der Waals surface area contributed by atoms with E-state index in [0.717, 1.165) is 16.6 Å². The normalized spacial score (nSPS) is 22.3. The van der Waals surface area contributed by atoms with Crippen LogP contribution in [-0.2, 0) is 0 Å². The van der Waals surface area contributed by atoms with E-state index in [1.807, 2.05) is 0 Å². The van der Waals surface area contributed by atoms with Crippen molar-refractivity contribution in [2.75, 3.05) is 11.1 Å². The lowest BCUT2D eigenvalue weighted by Gasteiger charge is -2.22. The van der Waals surface area contributed by atoms with Gasteiger partial charge in [0.25, 0.3) is 0 Å². The number of nitrogens with zero attached hydrogens (tertiary/aromatic N) is 1. The average molecular weight is 286 g/mol. The molecule has 0 radical (unpaired) electrons. The van der Waals surface area contributed by atoms with E-state index in [1.165, 1.54) is 36.0 Å². The zero-order valence-corrected chi connectivity index (χ0v) is 13.0. The van der Waals surface area contributed by atoms with Crippen LogP contribution in [0.5, 0.6) is 0 Å². The predicted molar refractivity (Wildman–Crippen MR) is 89.7 cm³/mol. The number of fused-ring (bicyclic) bond motifs is 1. The zero-order valence-electron chi connectivity index (χ0n) is 12.2. The lowest BCUT2D eigenvalue weighted by Crippen LogP contribution is -2.27. The lowest BCUT2D eigenvalue weighted by molar-refractivity contribution is 0.762. The summed E-state index contributed by atoms with van der Waals surface area (Å²) in [5, 5.41) is 5.67. The lowest BCUT2D eigenvalue weighted by atomic mass is 10.1. The van der Waals surface area contributed by atoms with Gasteiger partial charge in [-0.05, 0) is 43.2 Å². The maximum Gasteiger partial charge on any atom is 0.129 e. The van der Waals surface area contributed by atoms with Crippen LogP contribution in [0.15, 0.2) is 30.3 Å². The molecule has 1 heterocycles. The van der Waals surface area contributed by atoms with Crippen molar-refractivity contribution in [3.8, 4) is 0 Å². The van der Waals surface area contributed by atoms with Crippen molar-refractivity contribution < 1.29 is 0 Å². The molecule has 1 aliphatic rings. The molecule has 3 heteroatoms. The van der Waals surface area contributed by atoms with Crippen molar-refractivity contribution in [2.45, 2.75) is 44.4 Å². The molecule has 2 aromatic rings. The van der Waals surface area contributed by atoms with Gasteiger partial charge < -0.3 is 5.32 Å². The van der Waals surface area contributed by atoms with Gasteiger partial charge in [0.05, 0.1) is 5.52 Å². The number of thioether (sulfide) groups is 1. The molecule has 0 spiro atoms. The summed E-state index contributed by atoms with van der Waals surface area (Å²) < 4.78 is 0. The third-order valence-electron chi connectivity index (χ3n) is 4.07. The van der Waals surface area contributed by atoms with E-state index < -0.39 is 0 Å². The fourth-order valence-corrected chi connectivity index (χ4v) is 4.25. The Morgan fingerprint density at radius 2 is 2.15 bits per heavy atom. The van der Waals surface area contributed by atoms with E-state index in [1.54, 1.807) is 0 Å². The first-order valence-electron chi connectivity index (χ1n) is 7.52.